The summed E-state index contributed by atoms with van der Waals surface area (Å²) in [6, 6.07) is 22.1. The molecule has 3 heterocycles. The molecule has 0 bridgehead atoms. The number of nitrogens with zero attached hydrogens (tertiary/aromatic N) is 1. The maximum Gasteiger partial charge on any atom is 0.0620 e. The maximum absolute atomic E-state index is 2.41. The van der Waals surface area contributed by atoms with Crippen molar-refractivity contribution < 1.29 is 0 Å². The average molecular weight is 255 g/mol. The Morgan fingerprint density at radius 1 is 0.650 bits per heavy atom. The van der Waals surface area contributed by atoms with Gasteiger partial charge in [0.2, 0.25) is 0 Å². The van der Waals surface area contributed by atoms with Crippen molar-refractivity contribution in [2.45, 2.75) is 6.92 Å². The Morgan fingerprint density at radius 3 is 2.15 bits per heavy atom. The molecule has 0 atom stereocenters. The molecule has 20 heavy (non-hydrogen) atoms. The second-order valence-electron chi connectivity index (χ2n) is 5.57. The molecule has 0 amide bonds. The van der Waals surface area contributed by atoms with Gasteiger partial charge >= 0.3 is 0 Å². The number of hydrogen-bond donors (Lipinski definition) is 0. The van der Waals surface area contributed by atoms with Gasteiger partial charge in [0, 0.05) is 21.5 Å². The summed E-state index contributed by atoms with van der Waals surface area (Å²) in [6.45, 7) is 2.16. The van der Waals surface area contributed by atoms with Crippen molar-refractivity contribution in [2.24, 2.45) is 0 Å². The SMILES string of the molecule is Cc1ccc2c(c1)c1c3ccccc3c3cccc2n31. The molecule has 0 spiro atoms. The topological polar surface area (TPSA) is 4.41 Å². The summed E-state index contributed by atoms with van der Waals surface area (Å²) >= 11 is 0. The highest BCUT2D eigenvalue weighted by atomic mass is 14.9. The molecule has 0 saturated carbocycles. The van der Waals surface area contributed by atoms with E-state index in [0.717, 1.165) is 0 Å². The maximum atomic E-state index is 2.41. The summed E-state index contributed by atoms with van der Waals surface area (Å²) < 4.78 is 2.41. The van der Waals surface area contributed by atoms with Crippen molar-refractivity contribution in [2.75, 3.05) is 0 Å². The van der Waals surface area contributed by atoms with Crippen molar-refractivity contribution in [3.8, 4) is 0 Å². The molecule has 0 unspecified atom stereocenters. The van der Waals surface area contributed by atoms with Crippen molar-refractivity contribution in [3.63, 3.8) is 0 Å². The zero-order valence-electron chi connectivity index (χ0n) is 11.2. The predicted molar refractivity (Wildman–Crippen MR) is 85.8 cm³/mol. The first-order chi connectivity index (χ1) is 9.84. The molecule has 1 heteroatoms. The summed E-state index contributed by atoms with van der Waals surface area (Å²) in [7, 11) is 0. The second kappa shape index (κ2) is 3.31. The Bertz CT molecular complexity index is 1100. The lowest BCUT2D eigenvalue weighted by Crippen LogP contribution is -1.79. The molecule has 1 nitrogen and oxygen atoms in total. The number of fused-ring (bicyclic) bond motifs is 6. The van der Waals surface area contributed by atoms with Crippen LogP contribution in [-0.2, 0) is 0 Å². The van der Waals surface area contributed by atoms with Crippen molar-refractivity contribution >= 4 is 38.1 Å². The molecule has 0 radical (unpaired) electrons. The minimum Gasteiger partial charge on any atom is -0.308 e. The number of rotatable bonds is 0. The van der Waals surface area contributed by atoms with Crippen LogP contribution in [0, 0.1) is 6.92 Å². The van der Waals surface area contributed by atoms with E-state index in [-0.39, 0.29) is 0 Å². The molecule has 5 aromatic rings. The summed E-state index contributed by atoms with van der Waals surface area (Å²) in [4.78, 5) is 0. The molecule has 0 aliphatic carbocycles. The van der Waals surface area contributed by atoms with Gasteiger partial charge in [-0.15, -0.1) is 0 Å². The summed E-state index contributed by atoms with van der Waals surface area (Å²) in [5.41, 5.74) is 5.28. The monoisotopic (exact) mass is 255 g/mol. The van der Waals surface area contributed by atoms with Gasteiger partial charge in [-0.05, 0) is 25.1 Å². The third kappa shape index (κ3) is 1.05. The van der Waals surface area contributed by atoms with Crippen molar-refractivity contribution in [3.05, 3.63) is 66.2 Å². The summed E-state index contributed by atoms with van der Waals surface area (Å²) in [6.07, 6.45) is 0. The van der Waals surface area contributed by atoms with Gasteiger partial charge < -0.3 is 4.40 Å². The van der Waals surface area contributed by atoms with Crippen molar-refractivity contribution in [1.29, 1.82) is 0 Å². The van der Waals surface area contributed by atoms with Crippen LogP contribution < -0.4 is 0 Å². The lowest BCUT2D eigenvalue weighted by atomic mass is 10.1. The lowest BCUT2D eigenvalue weighted by molar-refractivity contribution is 1.36. The molecular formula is C19H13N. The van der Waals surface area contributed by atoms with Gasteiger partial charge in [-0.2, -0.15) is 0 Å². The zero-order valence-corrected chi connectivity index (χ0v) is 11.2. The van der Waals surface area contributed by atoms with Crippen LogP contribution >= 0.6 is 0 Å². The first-order valence-electron chi connectivity index (χ1n) is 6.98. The molecule has 2 aromatic carbocycles. The molecule has 3 aromatic heterocycles. The highest BCUT2D eigenvalue weighted by Gasteiger charge is 2.15. The Labute approximate surface area is 116 Å². The smallest absolute Gasteiger partial charge is 0.0620 e. The van der Waals surface area contributed by atoms with Gasteiger partial charge in [0.1, 0.15) is 0 Å². The largest absolute Gasteiger partial charge is 0.308 e. The van der Waals surface area contributed by atoms with Gasteiger partial charge in [0.25, 0.3) is 0 Å². The van der Waals surface area contributed by atoms with Gasteiger partial charge in [-0.3, -0.25) is 0 Å². The fourth-order valence-electron chi connectivity index (χ4n) is 3.55. The van der Waals surface area contributed by atoms with E-state index < -0.39 is 0 Å². The van der Waals surface area contributed by atoms with E-state index in [0.29, 0.717) is 0 Å². The third-order valence-corrected chi connectivity index (χ3v) is 4.38. The first kappa shape index (κ1) is 10.3. The predicted octanol–water partition coefficient (Wildman–Crippen LogP) is 5.15. The Kier molecular flexibility index (Phi) is 1.70. The van der Waals surface area contributed by atoms with Crippen LogP contribution in [0.5, 0.6) is 0 Å². The molecule has 5 rings (SSSR count). The van der Waals surface area contributed by atoms with Gasteiger partial charge in [-0.25, -0.2) is 0 Å². The molecule has 0 saturated heterocycles. The third-order valence-electron chi connectivity index (χ3n) is 4.38. The van der Waals surface area contributed by atoms with E-state index in [1.807, 2.05) is 0 Å². The summed E-state index contributed by atoms with van der Waals surface area (Å²) in [5, 5.41) is 5.41. The Morgan fingerprint density at radius 2 is 1.35 bits per heavy atom. The van der Waals surface area contributed by atoms with E-state index in [2.05, 4.69) is 72.0 Å². The van der Waals surface area contributed by atoms with Crippen LogP contribution in [0.15, 0.2) is 60.7 Å². The van der Waals surface area contributed by atoms with Crippen molar-refractivity contribution in [1.82, 2.24) is 4.40 Å². The molecule has 0 aliphatic heterocycles. The van der Waals surface area contributed by atoms with E-state index in [9.17, 15) is 0 Å². The van der Waals surface area contributed by atoms with Crippen LogP contribution in [0.25, 0.3) is 38.1 Å². The van der Waals surface area contributed by atoms with Gasteiger partial charge in [-0.1, -0.05) is 48.0 Å². The van der Waals surface area contributed by atoms with E-state index in [4.69, 9.17) is 0 Å². The van der Waals surface area contributed by atoms with Crippen LogP contribution in [0.4, 0.5) is 0 Å². The van der Waals surface area contributed by atoms with Crippen LogP contribution in [-0.4, -0.2) is 4.40 Å². The highest BCUT2D eigenvalue weighted by Crippen LogP contribution is 2.38. The van der Waals surface area contributed by atoms with Crippen LogP contribution in [0.2, 0.25) is 0 Å². The number of pyridine rings is 1. The van der Waals surface area contributed by atoms with E-state index in [1.165, 1.54) is 43.7 Å². The second-order valence-corrected chi connectivity index (χ2v) is 5.57. The molecule has 0 N–H and O–H groups in total. The van der Waals surface area contributed by atoms with Crippen LogP contribution in [0.1, 0.15) is 5.56 Å². The molecular weight excluding hydrogens is 242 g/mol. The number of aryl methyl sites for hydroxylation is 1. The van der Waals surface area contributed by atoms with E-state index >= 15 is 0 Å². The average Bonchev–Trinajstić information content (AvgIpc) is 2.98. The van der Waals surface area contributed by atoms with Gasteiger partial charge in [0.15, 0.2) is 0 Å². The normalized spacial score (nSPS) is 12.2. The van der Waals surface area contributed by atoms with Crippen LogP contribution in [0.3, 0.4) is 0 Å². The minimum atomic E-state index is 1.31. The fraction of sp³-hybridized carbons (Fsp3) is 0.0526. The Hall–Kier alpha value is -2.54. The zero-order chi connectivity index (χ0) is 13.3. The quantitative estimate of drug-likeness (QED) is 0.360. The fourth-order valence-corrected chi connectivity index (χ4v) is 3.55. The molecule has 0 aliphatic rings. The standard InChI is InChI=1S/C19H13N/c1-12-9-10-14-16(11-12)19-15-6-3-2-5-13(15)17-7-4-8-18(14)20(17)19/h2-11H,1H3. The number of aromatic nitrogens is 1. The number of benzene rings is 2. The molecule has 94 valence electrons. The molecule has 0 fully saturated rings. The van der Waals surface area contributed by atoms with Gasteiger partial charge in [0.05, 0.1) is 16.6 Å². The highest BCUT2D eigenvalue weighted by molar-refractivity contribution is 6.22. The van der Waals surface area contributed by atoms with E-state index in [1.54, 1.807) is 0 Å². The summed E-state index contributed by atoms with van der Waals surface area (Å²) in [5.74, 6) is 0. The minimum absolute atomic E-state index is 1.31. The lowest BCUT2D eigenvalue weighted by Gasteiger charge is -1.97. The Balaban J connectivity index is 2.28. The first-order valence-corrected chi connectivity index (χ1v) is 6.98. The number of hydrogen-bond acceptors (Lipinski definition) is 0.